The molecule has 1 aliphatic carbocycles. The molecular weight excluding hydrogens is 238 g/mol. The van der Waals surface area contributed by atoms with Gasteiger partial charge in [-0.1, -0.05) is 12.1 Å². The van der Waals surface area contributed by atoms with Crippen molar-refractivity contribution >= 4 is 5.91 Å². The lowest BCUT2D eigenvalue weighted by Crippen LogP contribution is -2.41. The van der Waals surface area contributed by atoms with Gasteiger partial charge in [0, 0.05) is 17.9 Å². The summed E-state index contributed by atoms with van der Waals surface area (Å²) in [6, 6.07) is 6.30. The van der Waals surface area contributed by atoms with E-state index in [1.165, 1.54) is 5.56 Å². The van der Waals surface area contributed by atoms with Crippen molar-refractivity contribution < 1.29 is 9.53 Å². The number of amides is 1. The van der Waals surface area contributed by atoms with E-state index in [0.717, 1.165) is 30.6 Å². The molecule has 1 fully saturated rings. The normalized spacial score (nSPS) is 24.3. The van der Waals surface area contributed by atoms with Gasteiger partial charge in [-0.15, -0.1) is 0 Å². The predicted octanol–water partition coefficient (Wildman–Crippen LogP) is 3.12. The van der Waals surface area contributed by atoms with Gasteiger partial charge >= 0.3 is 0 Å². The van der Waals surface area contributed by atoms with Crippen molar-refractivity contribution in [3.63, 3.8) is 0 Å². The zero-order valence-corrected chi connectivity index (χ0v) is 11.8. The summed E-state index contributed by atoms with van der Waals surface area (Å²) < 4.78 is 6.04. The highest BCUT2D eigenvalue weighted by molar-refractivity contribution is 5.81. The molecule has 1 amide bonds. The van der Waals surface area contributed by atoms with E-state index in [9.17, 15) is 4.79 Å². The van der Waals surface area contributed by atoms with Crippen LogP contribution in [0.4, 0.5) is 0 Å². The first kappa shape index (κ1) is 12.5. The monoisotopic (exact) mass is 259 g/mol. The van der Waals surface area contributed by atoms with Crippen LogP contribution >= 0.6 is 0 Å². The van der Waals surface area contributed by atoms with E-state index >= 15 is 0 Å². The summed E-state index contributed by atoms with van der Waals surface area (Å²) in [4.78, 5) is 12.0. The molecule has 19 heavy (non-hydrogen) atoms. The van der Waals surface area contributed by atoms with E-state index < -0.39 is 0 Å². The number of benzene rings is 1. The Labute approximate surface area is 114 Å². The Hall–Kier alpha value is -1.51. The highest BCUT2D eigenvalue weighted by atomic mass is 16.5. The molecule has 102 valence electrons. The average molecular weight is 259 g/mol. The summed E-state index contributed by atoms with van der Waals surface area (Å²) in [7, 11) is 0. The Morgan fingerprint density at radius 2 is 2.11 bits per heavy atom. The second-order valence-electron chi connectivity index (χ2n) is 6.44. The molecule has 3 heteroatoms. The molecule has 1 saturated carbocycles. The van der Waals surface area contributed by atoms with Crippen LogP contribution in [0, 0.1) is 12.8 Å². The average Bonchev–Trinajstić information content (AvgIpc) is 3.09. The summed E-state index contributed by atoms with van der Waals surface area (Å²) in [5.74, 6) is 1.37. The molecule has 2 aliphatic rings. The van der Waals surface area contributed by atoms with Crippen molar-refractivity contribution in [2.24, 2.45) is 5.92 Å². The number of ether oxygens (including phenoxy) is 1. The van der Waals surface area contributed by atoms with Crippen LogP contribution in [0.3, 0.4) is 0 Å². The molecule has 0 aromatic heterocycles. The first-order chi connectivity index (χ1) is 8.94. The molecule has 0 saturated heterocycles. The number of nitrogens with one attached hydrogen (secondary N) is 1. The van der Waals surface area contributed by atoms with Crippen LogP contribution in [0.2, 0.25) is 0 Å². The van der Waals surface area contributed by atoms with E-state index in [1.54, 1.807) is 0 Å². The molecule has 3 rings (SSSR count). The zero-order valence-electron chi connectivity index (χ0n) is 11.8. The maximum absolute atomic E-state index is 12.0. The Morgan fingerprint density at radius 3 is 2.79 bits per heavy atom. The van der Waals surface area contributed by atoms with Crippen LogP contribution in [0.25, 0.3) is 0 Å². The van der Waals surface area contributed by atoms with Crippen LogP contribution in [0.15, 0.2) is 18.2 Å². The summed E-state index contributed by atoms with van der Waals surface area (Å²) in [6.45, 7) is 6.21. The Balaban J connectivity index is 1.89. The topological polar surface area (TPSA) is 38.3 Å². The van der Waals surface area contributed by atoms with Gasteiger partial charge in [0.1, 0.15) is 11.4 Å². The van der Waals surface area contributed by atoms with Crippen molar-refractivity contribution in [2.45, 2.75) is 51.7 Å². The first-order valence-corrected chi connectivity index (χ1v) is 7.04. The SMILES string of the molecule is Cc1ccc2c(c1)OC(C)(C)C[C@@H]2NC(=O)C1CC1. The number of carbonyl (C=O) groups excluding carboxylic acids is 1. The predicted molar refractivity (Wildman–Crippen MR) is 74.1 cm³/mol. The molecule has 1 aromatic rings. The second kappa shape index (κ2) is 4.26. The maximum atomic E-state index is 12.0. The lowest BCUT2D eigenvalue weighted by atomic mass is 9.89. The summed E-state index contributed by atoms with van der Waals surface area (Å²) >= 11 is 0. The van der Waals surface area contributed by atoms with Crippen LogP contribution in [-0.4, -0.2) is 11.5 Å². The van der Waals surface area contributed by atoms with Gasteiger partial charge in [0.2, 0.25) is 5.91 Å². The molecule has 1 atom stereocenters. The standard InChI is InChI=1S/C16H21NO2/c1-10-4-7-12-13(17-15(18)11-5-6-11)9-16(2,3)19-14(12)8-10/h4,7-8,11,13H,5-6,9H2,1-3H3,(H,17,18)/t13-/m0/s1. The van der Waals surface area contributed by atoms with E-state index in [0.29, 0.717) is 0 Å². The van der Waals surface area contributed by atoms with Gasteiger partial charge < -0.3 is 10.1 Å². The second-order valence-corrected chi connectivity index (χ2v) is 6.44. The summed E-state index contributed by atoms with van der Waals surface area (Å²) in [5.41, 5.74) is 2.06. The van der Waals surface area contributed by atoms with Crippen LogP contribution < -0.4 is 10.1 Å². The molecule has 0 radical (unpaired) electrons. The fourth-order valence-electron chi connectivity index (χ4n) is 2.72. The number of aryl methyl sites for hydroxylation is 1. The minimum absolute atomic E-state index is 0.0763. The van der Waals surface area contributed by atoms with Crippen LogP contribution in [-0.2, 0) is 4.79 Å². The molecule has 1 aliphatic heterocycles. The summed E-state index contributed by atoms with van der Waals surface area (Å²) in [6.07, 6.45) is 2.90. The molecule has 1 heterocycles. The molecule has 3 nitrogen and oxygen atoms in total. The van der Waals surface area contributed by atoms with Gasteiger partial charge in [-0.3, -0.25) is 4.79 Å². The molecule has 0 spiro atoms. The number of hydrogen-bond donors (Lipinski definition) is 1. The lowest BCUT2D eigenvalue weighted by Gasteiger charge is -2.38. The van der Waals surface area contributed by atoms with E-state index in [-0.39, 0.29) is 23.5 Å². The summed E-state index contributed by atoms with van der Waals surface area (Å²) in [5, 5.41) is 3.19. The maximum Gasteiger partial charge on any atom is 0.223 e. The minimum atomic E-state index is -0.234. The fourth-order valence-corrected chi connectivity index (χ4v) is 2.72. The van der Waals surface area contributed by atoms with E-state index in [4.69, 9.17) is 4.74 Å². The van der Waals surface area contributed by atoms with Crippen LogP contribution in [0.5, 0.6) is 5.75 Å². The number of rotatable bonds is 2. The largest absolute Gasteiger partial charge is 0.487 e. The third kappa shape index (κ3) is 2.60. The molecule has 0 bridgehead atoms. The molecular formula is C16H21NO2. The Kier molecular flexibility index (Phi) is 2.80. The fraction of sp³-hybridized carbons (Fsp3) is 0.562. The van der Waals surface area contributed by atoms with Gasteiger partial charge in [-0.25, -0.2) is 0 Å². The van der Waals surface area contributed by atoms with Gasteiger partial charge in [0.25, 0.3) is 0 Å². The Morgan fingerprint density at radius 1 is 1.37 bits per heavy atom. The van der Waals surface area contributed by atoms with Crippen molar-refractivity contribution in [1.29, 1.82) is 0 Å². The number of carbonyl (C=O) groups is 1. The highest BCUT2D eigenvalue weighted by Gasteiger charge is 2.37. The highest BCUT2D eigenvalue weighted by Crippen LogP contribution is 2.40. The van der Waals surface area contributed by atoms with Gasteiger partial charge in [0.15, 0.2) is 0 Å². The lowest BCUT2D eigenvalue weighted by molar-refractivity contribution is -0.123. The van der Waals surface area contributed by atoms with Gasteiger partial charge in [-0.2, -0.15) is 0 Å². The van der Waals surface area contributed by atoms with Crippen molar-refractivity contribution in [1.82, 2.24) is 5.32 Å². The molecule has 1 aromatic carbocycles. The molecule has 1 N–H and O–H groups in total. The quantitative estimate of drug-likeness (QED) is 0.886. The third-order valence-corrected chi connectivity index (χ3v) is 3.89. The van der Waals surface area contributed by atoms with Gasteiger partial charge in [0.05, 0.1) is 6.04 Å². The zero-order chi connectivity index (χ0) is 13.6. The van der Waals surface area contributed by atoms with Crippen molar-refractivity contribution in [3.05, 3.63) is 29.3 Å². The molecule has 0 unspecified atom stereocenters. The van der Waals surface area contributed by atoms with E-state index in [1.807, 2.05) is 0 Å². The van der Waals surface area contributed by atoms with Crippen molar-refractivity contribution in [2.75, 3.05) is 0 Å². The number of hydrogen-bond acceptors (Lipinski definition) is 2. The van der Waals surface area contributed by atoms with Crippen LogP contribution in [0.1, 0.15) is 50.3 Å². The van der Waals surface area contributed by atoms with Crippen molar-refractivity contribution in [3.8, 4) is 5.75 Å². The minimum Gasteiger partial charge on any atom is -0.487 e. The smallest absolute Gasteiger partial charge is 0.223 e. The van der Waals surface area contributed by atoms with Gasteiger partial charge in [-0.05, 0) is 45.2 Å². The van der Waals surface area contributed by atoms with E-state index in [2.05, 4.69) is 44.3 Å². The first-order valence-electron chi connectivity index (χ1n) is 7.04. The number of fused-ring (bicyclic) bond motifs is 1. The third-order valence-electron chi connectivity index (χ3n) is 3.89. The Bertz CT molecular complexity index is 517.